The molecule has 28 heavy (non-hydrogen) atoms. The van der Waals surface area contributed by atoms with Crippen LogP contribution in [0, 0.1) is 5.92 Å². The van der Waals surface area contributed by atoms with Crippen molar-refractivity contribution in [3.63, 3.8) is 0 Å². The highest BCUT2D eigenvalue weighted by molar-refractivity contribution is 7.99. The summed E-state index contributed by atoms with van der Waals surface area (Å²) in [4.78, 5) is 8.40. The van der Waals surface area contributed by atoms with E-state index >= 15 is 0 Å². The summed E-state index contributed by atoms with van der Waals surface area (Å²) >= 11 is 7.85. The van der Waals surface area contributed by atoms with Gasteiger partial charge in [0.05, 0.1) is 5.02 Å². The molecule has 0 amide bonds. The Labute approximate surface area is 171 Å². The van der Waals surface area contributed by atoms with Crippen LogP contribution in [-0.2, 0) is 0 Å². The van der Waals surface area contributed by atoms with Gasteiger partial charge in [-0.05, 0) is 42.8 Å². The molecule has 6 nitrogen and oxygen atoms in total. The summed E-state index contributed by atoms with van der Waals surface area (Å²) in [5.74, 6) is 9.74. The molecule has 152 valence electrons. The lowest BCUT2D eigenvalue weighted by Gasteiger charge is -2.22. The largest absolute Gasteiger partial charge is 0.482 e. The Morgan fingerprint density at radius 3 is 2.93 bits per heavy atom. The lowest BCUT2D eigenvalue weighted by atomic mass is 9.99. The van der Waals surface area contributed by atoms with E-state index in [4.69, 9.17) is 26.9 Å². The molecular formula is C18H21ClF2N4O2S. The monoisotopic (exact) mass is 430 g/mol. The summed E-state index contributed by atoms with van der Waals surface area (Å²) in [5, 5.41) is 1.66. The quantitative estimate of drug-likeness (QED) is 0.681. The van der Waals surface area contributed by atoms with Crippen molar-refractivity contribution in [2.45, 2.75) is 25.7 Å². The average Bonchev–Trinajstić information content (AvgIpc) is 2.69. The third-order valence-corrected chi connectivity index (χ3v) is 5.45. The Morgan fingerprint density at radius 1 is 1.39 bits per heavy atom. The Kier molecular flexibility index (Phi) is 7.52. The van der Waals surface area contributed by atoms with Gasteiger partial charge in [0.2, 0.25) is 5.90 Å². The molecule has 1 aromatic heterocycles. The normalized spacial score (nSPS) is 19.2. The minimum atomic E-state index is -2.63. The van der Waals surface area contributed by atoms with Crippen molar-refractivity contribution in [1.29, 1.82) is 0 Å². The van der Waals surface area contributed by atoms with Crippen LogP contribution in [0.5, 0.6) is 11.6 Å². The van der Waals surface area contributed by atoms with Gasteiger partial charge in [0, 0.05) is 24.5 Å². The molecule has 0 atom stereocenters. The van der Waals surface area contributed by atoms with E-state index in [0.717, 1.165) is 6.42 Å². The Bertz CT molecular complexity index is 770. The second-order valence-corrected chi connectivity index (χ2v) is 7.95. The molecule has 3 rings (SSSR count). The van der Waals surface area contributed by atoms with Crippen molar-refractivity contribution in [1.82, 2.24) is 9.99 Å². The molecule has 0 spiro atoms. The van der Waals surface area contributed by atoms with Crippen LogP contribution in [0.2, 0.25) is 5.02 Å². The molecule has 2 N–H and O–H groups in total. The first-order valence-corrected chi connectivity index (χ1v) is 10.4. The van der Waals surface area contributed by atoms with Crippen LogP contribution in [0.25, 0.3) is 0 Å². The van der Waals surface area contributed by atoms with Crippen LogP contribution in [0.3, 0.4) is 0 Å². The topological polar surface area (TPSA) is 73.0 Å². The number of pyridine rings is 1. The molecule has 0 aliphatic carbocycles. The molecule has 0 aromatic carbocycles. The molecule has 0 radical (unpaired) electrons. The van der Waals surface area contributed by atoms with Crippen LogP contribution in [0.1, 0.15) is 19.3 Å². The number of nitrogens with zero attached hydrogens (tertiary/aromatic N) is 3. The highest BCUT2D eigenvalue weighted by atomic mass is 35.5. The summed E-state index contributed by atoms with van der Waals surface area (Å²) in [7, 11) is 0. The maximum absolute atomic E-state index is 12.5. The van der Waals surface area contributed by atoms with Gasteiger partial charge in [-0.25, -0.2) is 19.6 Å². The fourth-order valence-corrected chi connectivity index (χ4v) is 4.08. The van der Waals surface area contributed by atoms with Crippen molar-refractivity contribution in [3.05, 3.63) is 41.5 Å². The second-order valence-electron chi connectivity index (χ2n) is 6.29. The molecule has 1 saturated heterocycles. The van der Waals surface area contributed by atoms with Crippen molar-refractivity contribution >= 4 is 29.3 Å². The molecule has 2 aliphatic rings. The van der Waals surface area contributed by atoms with Gasteiger partial charge in [-0.3, -0.25) is 5.01 Å². The van der Waals surface area contributed by atoms with E-state index in [2.05, 4.69) is 9.98 Å². The summed E-state index contributed by atoms with van der Waals surface area (Å²) in [6, 6.07) is 1.37. The van der Waals surface area contributed by atoms with Crippen LogP contribution >= 0.6 is 23.4 Å². The van der Waals surface area contributed by atoms with E-state index in [1.807, 2.05) is 17.8 Å². The van der Waals surface area contributed by atoms with E-state index in [0.29, 0.717) is 11.7 Å². The number of thioether (sulfide) groups is 1. The minimum Gasteiger partial charge on any atom is -0.482 e. The highest BCUT2D eigenvalue weighted by Crippen LogP contribution is 2.29. The molecule has 2 aliphatic heterocycles. The Hall–Kier alpha value is -1.84. The number of ether oxygens (including phenoxy) is 2. The molecule has 1 aromatic rings. The lowest BCUT2D eigenvalue weighted by Crippen LogP contribution is -2.28. The third-order valence-electron chi connectivity index (χ3n) is 4.19. The predicted molar refractivity (Wildman–Crippen MR) is 107 cm³/mol. The van der Waals surface area contributed by atoms with Crippen molar-refractivity contribution in [3.8, 4) is 11.6 Å². The van der Waals surface area contributed by atoms with Gasteiger partial charge in [-0.15, -0.1) is 0 Å². The van der Waals surface area contributed by atoms with Gasteiger partial charge < -0.3 is 9.47 Å². The minimum absolute atomic E-state index is 0.00239. The molecule has 10 heteroatoms. The molecule has 0 bridgehead atoms. The highest BCUT2D eigenvalue weighted by Gasteiger charge is 2.17. The van der Waals surface area contributed by atoms with Crippen LogP contribution in [0.15, 0.2) is 41.4 Å². The summed E-state index contributed by atoms with van der Waals surface area (Å²) < 4.78 is 35.6. The number of hydrazine groups is 1. The van der Waals surface area contributed by atoms with E-state index < -0.39 is 13.0 Å². The Morgan fingerprint density at radius 2 is 2.18 bits per heavy atom. The van der Waals surface area contributed by atoms with Crippen molar-refractivity contribution < 1.29 is 18.3 Å². The summed E-state index contributed by atoms with van der Waals surface area (Å²) in [6.45, 7) is -0.790. The molecule has 3 heterocycles. The number of alkyl halides is 2. The number of aliphatic imine (C=N–C) groups is 1. The zero-order chi connectivity index (χ0) is 19.9. The molecular weight excluding hydrogens is 410 g/mol. The number of halogens is 3. The van der Waals surface area contributed by atoms with E-state index in [9.17, 15) is 8.78 Å². The number of allylic oxidation sites excluding steroid dienone is 1. The van der Waals surface area contributed by atoms with Crippen LogP contribution < -0.4 is 15.3 Å². The number of nitrogens with two attached hydrogens (primary N) is 1. The van der Waals surface area contributed by atoms with Gasteiger partial charge >= 0.3 is 0 Å². The van der Waals surface area contributed by atoms with E-state index in [1.54, 1.807) is 12.3 Å². The first-order chi connectivity index (χ1) is 13.5. The molecule has 0 unspecified atom stereocenters. The zero-order valence-electron chi connectivity index (χ0n) is 15.1. The Balaban J connectivity index is 1.71. The third kappa shape index (κ3) is 6.08. The van der Waals surface area contributed by atoms with Crippen molar-refractivity contribution in [2.75, 3.05) is 18.1 Å². The molecule has 1 fully saturated rings. The summed E-state index contributed by atoms with van der Waals surface area (Å²) in [5.41, 5.74) is 0. The maximum atomic E-state index is 12.5. The average molecular weight is 431 g/mol. The SMILES string of the molecule is NN1C=CC(Oc2ncc(Cl)cc2OCC(F)F)=N/C1=C/CC1CCSCC1. The van der Waals surface area contributed by atoms with Gasteiger partial charge in [0.25, 0.3) is 12.3 Å². The van der Waals surface area contributed by atoms with E-state index in [-0.39, 0.29) is 22.5 Å². The van der Waals surface area contributed by atoms with Gasteiger partial charge in [0.1, 0.15) is 12.4 Å². The maximum Gasteiger partial charge on any atom is 0.272 e. The zero-order valence-corrected chi connectivity index (χ0v) is 16.6. The van der Waals surface area contributed by atoms with Gasteiger partial charge in [-0.2, -0.15) is 16.8 Å². The number of hydrogen-bond acceptors (Lipinski definition) is 7. The molecule has 0 saturated carbocycles. The number of hydrogen-bond donors (Lipinski definition) is 1. The first kappa shape index (κ1) is 20.9. The number of rotatable bonds is 6. The first-order valence-electron chi connectivity index (χ1n) is 8.84. The second kappa shape index (κ2) is 10.1. The van der Waals surface area contributed by atoms with Crippen molar-refractivity contribution in [2.24, 2.45) is 16.8 Å². The predicted octanol–water partition coefficient (Wildman–Crippen LogP) is 4.23. The van der Waals surface area contributed by atoms with Crippen LogP contribution in [-0.4, -0.2) is 40.4 Å². The smallest absolute Gasteiger partial charge is 0.272 e. The van der Waals surface area contributed by atoms with Crippen LogP contribution in [0.4, 0.5) is 8.78 Å². The van der Waals surface area contributed by atoms with E-state index in [1.165, 1.54) is 41.6 Å². The standard InChI is InChI=1S/C18H21ClF2N4O2S/c19-13-9-14(26-11-15(20)21)18(23-10-13)27-17-3-6-25(22)16(24-17)2-1-12-4-7-28-8-5-12/h2-3,6,9-10,12,15H,1,4-5,7-8,11,22H2/b16-2-. The number of aromatic nitrogens is 1. The van der Waals surface area contributed by atoms with Gasteiger partial charge in [-0.1, -0.05) is 11.6 Å². The lowest BCUT2D eigenvalue weighted by molar-refractivity contribution is 0.0806. The summed E-state index contributed by atoms with van der Waals surface area (Å²) in [6.07, 6.45) is 7.11. The fourth-order valence-electron chi connectivity index (χ4n) is 2.73. The van der Waals surface area contributed by atoms with Gasteiger partial charge in [0.15, 0.2) is 5.75 Å². The fraction of sp³-hybridized carbons (Fsp3) is 0.444.